The Bertz CT molecular complexity index is 433. The minimum Gasteiger partial charge on any atom is -0.326 e. The van der Waals surface area contributed by atoms with E-state index in [0.717, 1.165) is 13.0 Å². The lowest BCUT2D eigenvalue weighted by atomic mass is 10.1. The van der Waals surface area contributed by atoms with Crippen molar-refractivity contribution >= 4 is 0 Å². The zero-order valence-corrected chi connectivity index (χ0v) is 12.7. The third-order valence-corrected chi connectivity index (χ3v) is 5.36. The largest absolute Gasteiger partial charge is 0.326 e. The summed E-state index contributed by atoms with van der Waals surface area (Å²) >= 11 is 0. The van der Waals surface area contributed by atoms with Crippen LogP contribution in [0.5, 0.6) is 0 Å². The van der Waals surface area contributed by atoms with E-state index >= 15 is 0 Å². The van der Waals surface area contributed by atoms with E-state index in [2.05, 4.69) is 54.0 Å². The summed E-state index contributed by atoms with van der Waals surface area (Å²) in [4.78, 5) is 5.27. The smallest absolute Gasteiger partial charge is 0.0264 e. The highest BCUT2D eigenvalue weighted by Crippen LogP contribution is 2.29. The van der Waals surface area contributed by atoms with Crippen molar-refractivity contribution in [3.05, 3.63) is 35.9 Å². The van der Waals surface area contributed by atoms with Crippen LogP contribution < -0.4 is 5.73 Å². The Balaban J connectivity index is 1.64. The summed E-state index contributed by atoms with van der Waals surface area (Å²) in [6.45, 7) is 8.14. The Morgan fingerprint density at radius 3 is 2.45 bits per heavy atom. The Labute approximate surface area is 122 Å². The molecule has 2 heterocycles. The van der Waals surface area contributed by atoms with E-state index in [9.17, 15) is 0 Å². The summed E-state index contributed by atoms with van der Waals surface area (Å²) in [5.41, 5.74) is 7.61. The van der Waals surface area contributed by atoms with Gasteiger partial charge in [0.25, 0.3) is 0 Å². The molecule has 0 amide bonds. The van der Waals surface area contributed by atoms with Gasteiger partial charge in [-0.15, -0.1) is 0 Å². The minimum atomic E-state index is 0.366. The van der Waals surface area contributed by atoms with Crippen LogP contribution >= 0.6 is 0 Å². The summed E-state index contributed by atoms with van der Waals surface area (Å²) in [5.74, 6) is 0. The van der Waals surface area contributed by atoms with Crippen molar-refractivity contribution in [2.75, 3.05) is 13.1 Å². The van der Waals surface area contributed by atoms with E-state index in [4.69, 9.17) is 5.73 Å². The van der Waals surface area contributed by atoms with E-state index in [1.807, 2.05) is 0 Å². The zero-order valence-electron chi connectivity index (χ0n) is 12.7. The van der Waals surface area contributed by atoms with Crippen molar-refractivity contribution < 1.29 is 0 Å². The molecule has 0 spiro atoms. The van der Waals surface area contributed by atoms with Crippen molar-refractivity contribution in [3.63, 3.8) is 0 Å². The van der Waals surface area contributed by atoms with Gasteiger partial charge in [0.15, 0.2) is 0 Å². The highest BCUT2D eigenvalue weighted by molar-refractivity contribution is 5.15. The molecule has 2 aliphatic rings. The average molecular weight is 273 g/mol. The first kappa shape index (κ1) is 14.1. The molecule has 0 aliphatic carbocycles. The first-order chi connectivity index (χ1) is 9.66. The van der Waals surface area contributed by atoms with Gasteiger partial charge in [0.05, 0.1) is 0 Å². The molecule has 4 atom stereocenters. The second-order valence-electron chi connectivity index (χ2n) is 6.48. The fraction of sp³-hybridized carbons (Fsp3) is 0.647. The summed E-state index contributed by atoms with van der Waals surface area (Å²) in [7, 11) is 0. The number of likely N-dealkylation sites (tertiary alicyclic amines) is 2. The van der Waals surface area contributed by atoms with Crippen LogP contribution in [0.15, 0.2) is 30.3 Å². The predicted molar refractivity (Wildman–Crippen MR) is 83.5 cm³/mol. The molecule has 0 aromatic heterocycles. The topological polar surface area (TPSA) is 32.5 Å². The van der Waals surface area contributed by atoms with Crippen molar-refractivity contribution in [2.24, 2.45) is 5.73 Å². The number of nitrogens with two attached hydrogens (primary N) is 1. The molecule has 0 bridgehead atoms. The molecular weight excluding hydrogens is 246 g/mol. The number of hydrogen-bond acceptors (Lipinski definition) is 3. The van der Waals surface area contributed by atoms with Gasteiger partial charge in [0, 0.05) is 43.8 Å². The van der Waals surface area contributed by atoms with Crippen molar-refractivity contribution in [2.45, 2.75) is 57.4 Å². The molecular formula is C17H27N3. The van der Waals surface area contributed by atoms with Crippen LogP contribution in [-0.2, 0) is 6.54 Å². The molecule has 4 unspecified atom stereocenters. The van der Waals surface area contributed by atoms with Gasteiger partial charge in [0.2, 0.25) is 0 Å². The second kappa shape index (κ2) is 5.84. The van der Waals surface area contributed by atoms with Crippen LogP contribution in [0, 0.1) is 0 Å². The second-order valence-corrected chi connectivity index (χ2v) is 6.48. The molecule has 0 radical (unpaired) electrons. The quantitative estimate of drug-likeness (QED) is 0.915. The van der Waals surface area contributed by atoms with Gasteiger partial charge >= 0.3 is 0 Å². The summed E-state index contributed by atoms with van der Waals surface area (Å²) < 4.78 is 0. The van der Waals surface area contributed by atoms with Crippen LogP contribution in [-0.4, -0.2) is 47.1 Å². The lowest BCUT2D eigenvalue weighted by Crippen LogP contribution is -2.47. The Morgan fingerprint density at radius 2 is 1.80 bits per heavy atom. The molecule has 110 valence electrons. The lowest BCUT2D eigenvalue weighted by molar-refractivity contribution is 0.138. The Kier molecular flexibility index (Phi) is 4.11. The molecule has 2 fully saturated rings. The number of benzene rings is 1. The number of nitrogens with zero attached hydrogens (tertiary/aromatic N) is 2. The number of rotatable bonds is 3. The van der Waals surface area contributed by atoms with E-state index in [1.54, 1.807) is 0 Å². The van der Waals surface area contributed by atoms with Crippen LogP contribution in [0.3, 0.4) is 0 Å². The van der Waals surface area contributed by atoms with E-state index in [-0.39, 0.29) is 0 Å². The first-order valence-electron chi connectivity index (χ1n) is 7.96. The standard InChI is InChI=1S/C17H27N3/c1-13-16(18)8-11-20(13)17-9-10-19(14(17)2)12-15-6-4-3-5-7-15/h3-7,13-14,16-17H,8-12,18H2,1-2H3. The van der Waals surface area contributed by atoms with E-state index < -0.39 is 0 Å². The number of hydrogen-bond donors (Lipinski definition) is 1. The van der Waals surface area contributed by atoms with Crippen LogP contribution in [0.25, 0.3) is 0 Å². The molecule has 1 aromatic rings. The summed E-state index contributed by atoms with van der Waals surface area (Å²) in [5, 5.41) is 0. The lowest BCUT2D eigenvalue weighted by Gasteiger charge is -2.34. The highest BCUT2D eigenvalue weighted by atomic mass is 15.3. The van der Waals surface area contributed by atoms with E-state index in [0.29, 0.717) is 24.2 Å². The van der Waals surface area contributed by atoms with Gasteiger partial charge in [-0.2, -0.15) is 0 Å². The van der Waals surface area contributed by atoms with Gasteiger partial charge in [-0.05, 0) is 32.3 Å². The third kappa shape index (κ3) is 2.62. The van der Waals surface area contributed by atoms with Crippen LogP contribution in [0.4, 0.5) is 0 Å². The van der Waals surface area contributed by atoms with Crippen molar-refractivity contribution in [1.29, 1.82) is 0 Å². The maximum absolute atomic E-state index is 6.18. The molecule has 2 N–H and O–H groups in total. The zero-order chi connectivity index (χ0) is 14.1. The van der Waals surface area contributed by atoms with Crippen molar-refractivity contribution in [1.82, 2.24) is 9.80 Å². The molecule has 2 aliphatic heterocycles. The minimum absolute atomic E-state index is 0.366. The molecule has 3 rings (SSSR count). The maximum Gasteiger partial charge on any atom is 0.0264 e. The average Bonchev–Trinajstić information content (AvgIpc) is 2.97. The summed E-state index contributed by atoms with van der Waals surface area (Å²) in [6.07, 6.45) is 2.44. The fourth-order valence-electron chi connectivity index (χ4n) is 3.93. The van der Waals surface area contributed by atoms with E-state index in [1.165, 1.54) is 25.1 Å². The molecule has 20 heavy (non-hydrogen) atoms. The molecule has 3 nitrogen and oxygen atoms in total. The Morgan fingerprint density at radius 1 is 1.05 bits per heavy atom. The molecule has 2 saturated heterocycles. The third-order valence-electron chi connectivity index (χ3n) is 5.36. The SMILES string of the molecule is CC1C(N2CCC(N)C2C)CCN1Cc1ccccc1. The van der Waals surface area contributed by atoms with Crippen LogP contribution in [0.1, 0.15) is 32.3 Å². The van der Waals surface area contributed by atoms with Gasteiger partial charge in [-0.3, -0.25) is 9.80 Å². The van der Waals surface area contributed by atoms with Gasteiger partial charge < -0.3 is 5.73 Å². The van der Waals surface area contributed by atoms with Gasteiger partial charge in [-0.25, -0.2) is 0 Å². The van der Waals surface area contributed by atoms with Gasteiger partial charge in [-0.1, -0.05) is 30.3 Å². The normalized spacial score (nSPS) is 35.8. The monoisotopic (exact) mass is 273 g/mol. The highest BCUT2D eigenvalue weighted by Gasteiger charge is 2.40. The van der Waals surface area contributed by atoms with Crippen molar-refractivity contribution in [3.8, 4) is 0 Å². The molecule has 3 heteroatoms. The van der Waals surface area contributed by atoms with Gasteiger partial charge in [0.1, 0.15) is 0 Å². The van der Waals surface area contributed by atoms with Crippen LogP contribution in [0.2, 0.25) is 0 Å². The maximum atomic E-state index is 6.18. The summed E-state index contributed by atoms with van der Waals surface area (Å²) in [6, 6.07) is 13.0. The Hall–Kier alpha value is -0.900. The predicted octanol–water partition coefficient (Wildman–Crippen LogP) is 2.07. The molecule has 0 saturated carbocycles. The fourth-order valence-corrected chi connectivity index (χ4v) is 3.93. The molecule has 1 aromatic carbocycles. The first-order valence-corrected chi connectivity index (χ1v) is 7.96.